The smallest absolute Gasteiger partial charge is 0.224 e. The number of hydrogen-bond donors (Lipinski definition) is 4. The Kier molecular flexibility index (Phi) is 23.2. The second kappa shape index (κ2) is 31.5. The topological polar surface area (TPSA) is 288 Å². The molecule has 3 aromatic carbocycles. The second-order valence-corrected chi connectivity index (χ2v) is 22.9. The first-order chi connectivity index (χ1) is 45.5. The van der Waals surface area contributed by atoms with E-state index >= 15 is 0 Å². The molecule has 2 aliphatic heterocycles. The van der Waals surface area contributed by atoms with Crippen LogP contribution < -0.4 is 48.7 Å². The Bertz CT molecular complexity index is 4870. The number of methoxy groups -OCH3 is 1. The number of ether oxygens (including phenoxy) is 1. The van der Waals surface area contributed by atoms with Crippen LogP contribution in [-0.4, -0.2) is 61.8 Å². The largest absolute Gasteiger partial charge is 0.550 e. The summed E-state index contributed by atoms with van der Waals surface area (Å²) < 4.78 is 14.0. The van der Waals surface area contributed by atoms with Crippen molar-refractivity contribution in [1.82, 2.24) is 24.9 Å². The second-order valence-electron chi connectivity index (χ2n) is 22.9. The molecule has 0 saturated heterocycles. The molecule has 0 spiro atoms. The first-order valence-corrected chi connectivity index (χ1v) is 30.5. The Labute approximate surface area is 567 Å². The number of carbonyl (C=O) groups is 5. The first-order valence-electron chi connectivity index (χ1n) is 30.5. The van der Waals surface area contributed by atoms with Crippen molar-refractivity contribution in [3.63, 3.8) is 0 Å². The Morgan fingerprint density at radius 3 is 1.25 bits per heavy atom. The van der Waals surface area contributed by atoms with Gasteiger partial charge in [-0.1, -0.05) is 12.1 Å². The molecule has 0 unspecified atom stereocenters. The number of anilines is 1. The minimum atomic E-state index is -1.08. The molecule has 0 saturated carbocycles. The third kappa shape index (κ3) is 17.1. The van der Waals surface area contributed by atoms with Crippen LogP contribution in [0.3, 0.4) is 0 Å². The number of nitrogens with one attached hydrogen (secondary N) is 4. The quantitative estimate of drug-likeness (QED) is 0.0563. The predicted octanol–water partition coefficient (Wildman–Crippen LogP) is 7.33. The van der Waals surface area contributed by atoms with Crippen LogP contribution in [0.4, 0.5) is 5.69 Å². The van der Waals surface area contributed by atoms with Crippen molar-refractivity contribution >= 4 is 114 Å². The van der Waals surface area contributed by atoms with E-state index in [0.29, 0.717) is 6.42 Å². The number of carbonyl (C=O) groups excluding carboxylic acids is 5. The van der Waals surface area contributed by atoms with Crippen molar-refractivity contribution in [2.75, 3.05) is 12.4 Å². The molecule has 8 aromatic heterocycles. The summed E-state index contributed by atoms with van der Waals surface area (Å²) in [6.07, 6.45) is 27.3. The molecule has 13 rings (SSSR count). The van der Waals surface area contributed by atoms with Crippen LogP contribution in [0, 0.1) is 13.8 Å². The number of aliphatic carboxylic acids is 4. The average molecular weight is 1340 g/mol. The van der Waals surface area contributed by atoms with E-state index in [2.05, 4.69) is 204 Å². The van der Waals surface area contributed by atoms with Gasteiger partial charge in [0.05, 0.1) is 35.4 Å². The Morgan fingerprint density at radius 2 is 0.854 bits per heavy atom. The first kappa shape index (κ1) is 70.6. The Morgan fingerprint density at radius 1 is 0.469 bits per heavy atom. The van der Waals surface area contributed by atoms with Crippen LogP contribution in [-0.2, 0) is 71.1 Å². The summed E-state index contributed by atoms with van der Waals surface area (Å²) in [5.74, 6) is -3.50. The third-order valence-electron chi connectivity index (χ3n) is 15.7. The standard InChI is InChI=1S/C67H57N10O2.4C2H4O2.Zn/c1-41-51-40-77(38-30-49(51)42(2)67-62(41)50-39-48(79-6)14-15-52(50)73-67)31-8-7-9-61(78)68-47-12-10-43(11-13-47)63-53-16-18-55(69-53)64(44-24-32-74(3)33-25-44)57-20-22-59(71-57)66(46-28-36-76(5)37-29-46)60-23-21-58(72-60)65(56-19-17-54(63)70-56)45-26-34-75(4)35-27-45;4*1-2(3)4;/h10-30,32-40H,7-9,31H2,1-6H3,(H-,68,69,70,71,72,78);4*1H3,(H,3,4);/q+1;;;;;/p-1. The number of H-pyrrole nitrogens is 3. The number of aromatic nitrogens is 9. The van der Waals surface area contributed by atoms with E-state index in [9.17, 15) is 4.79 Å². The summed E-state index contributed by atoms with van der Waals surface area (Å²) in [6.45, 7) is 9.10. The van der Waals surface area contributed by atoms with Gasteiger partial charge in [-0.05, 0) is 166 Å². The minimum Gasteiger partial charge on any atom is -0.550 e. The maximum atomic E-state index is 13.6. The van der Waals surface area contributed by atoms with Gasteiger partial charge < -0.3 is 64.6 Å². The number of nitrogens with zero attached hydrogens (tertiary/aromatic N) is 6. The van der Waals surface area contributed by atoms with Gasteiger partial charge in [0, 0.05) is 170 Å². The van der Waals surface area contributed by atoms with Gasteiger partial charge in [-0.15, -0.1) is 0 Å². The zero-order chi connectivity index (χ0) is 68.2. The normalized spacial score (nSPS) is 11.0. The number of benzene rings is 3. The molecule has 484 valence electrons. The number of rotatable bonds is 11. The summed E-state index contributed by atoms with van der Waals surface area (Å²) in [5.41, 5.74) is 20.5. The number of aromatic amines is 3. The van der Waals surface area contributed by atoms with Gasteiger partial charge in [-0.2, -0.15) is 0 Å². The molecule has 0 radical (unpaired) electrons. The summed E-state index contributed by atoms with van der Waals surface area (Å²) >= 11 is 0. The van der Waals surface area contributed by atoms with E-state index in [1.165, 1.54) is 38.2 Å². The van der Waals surface area contributed by atoms with Gasteiger partial charge in [-0.3, -0.25) is 4.79 Å². The summed E-state index contributed by atoms with van der Waals surface area (Å²) in [7, 11) is 7.79. The van der Waals surface area contributed by atoms with Gasteiger partial charge in [0.1, 0.15) is 33.4 Å². The third-order valence-corrected chi connectivity index (χ3v) is 15.7. The Balaban J connectivity index is 0.000000628. The molecule has 0 fully saturated rings. The summed E-state index contributed by atoms with van der Waals surface area (Å²) in [5, 5.41) is 43.6. The van der Waals surface area contributed by atoms with Crippen LogP contribution >= 0.6 is 0 Å². The molecule has 2 aliphatic rings. The molecule has 1 amide bonds. The maximum Gasteiger partial charge on any atom is 0.224 e. The molecule has 4 N–H and O–H groups in total. The van der Waals surface area contributed by atoms with Crippen molar-refractivity contribution in [3.8, 4) is 50.3 Å². The van der Waals surface area contributed by atoms with E-state index in [1.807, 2.05) is 53.0 Å². The zero-order valence-corrected chi connectivity index (χ0v) is 58.1. The average Bonchev–Trinajstić information content (AvgIpc) is 1.56. The van der Waals surface area contributed by atoms with Crippen molar-refractivity contribution in [2.24, 2.45) is 21.1 Å². The van der Waals surface area contributed by atoms with Crippen LogP contribution in [0.2, 0.25) is 0 Å². The SMILES string of the molecule is CC(=O)[O-].CC(=O)[O-].CC(=O)[O-].CC(=O)[O-].COc1ccc2[nH]c3c(C)c4cc[n+](CCCCC(=O)Nc5ccc(-c6c7nc(c(-c8cc[n+](C)cc8)c8ccc([nH]8)c(-c8cc[n+](C)cc8)c8nc(c(-c9cc[n+](C)cc9)c9ccc6[nH]9)C=C8)C=C7)cc5)cc4c(C)c3c2c1.[Zn]. The number of carboxylic acid groups (broad SMARTS) is 4. The monoisotopic (exact) mass is 1340 g/mol. The van der Waals surface area contributed by atoms with Crippen molar-refractivity contribution in [2.45, 2.75) is 67.3 Å². The molecule has 10 heterocycles. The van der Waals surface area contributed by atoms with Gasteiger partial charge in [0.25, 0.3) is 0 Å². The predicted molar refractivity (Wildman–Crippen MR) is 359 cm³/mol. The number of fused-ring (bicyclic) bond motifs is 12. The molecular formula is C75H72N10O10Zn. The molecule has 0 atom stereocenters. The van der Waals surface area contributed by atoms with Gasteiger partial charge in [-0.25, -0.2) is 28.2 Å². The zero-order valence-electron chi connectivity index (χ0n) is 55.1. The fourth-order valence-electron chi connectivity index (χ4n) is 11.5. The maximum absolute atomic E-state index is 13.6. The number of pyridine rings is 4. The number of carboxylic acids is 4. The molecule has 20 nitrogen and oxygen atoms in total. The van der Waals surface area contributed by atoms with Gasteiger partial charge in [0.2, 0.25) is 5.91 Å². The van der Waals surface area contributed by atoms with E-state index in [0.717, 1.165) is 153 Å². The number of unbranched alkanes of at least 4 members (excludes halogenated alkanes) is 1. The fourth-order valence-corrected chi connectivity index (χ4v) is 11.5. The summed E-state index contributed by atoms with van der Waals surface area (Å²) in [4.78, 5) is 71.4. The van der Waals surface area contributed by atoms with E-state index < -0.39 is 23.9 Å². The minimum absolute atomic E-state index is 0. The van der Waals surface area contributed by atoms with Crippen LogP contribution in [0.25, 0.3) is 123 Å². The van der Waals surface area contributed by atoms with Crippen molar-refractivity contribution in [3.05, 3.63) is 193 Å². The van der Waals surface area contributed by atoms with Crippen molar-refractivity contribution in [1.29, 1.82) is 0 Å². The van der Waals surface area contributed by atoms with E-state index in [-0.39, 0.29) is 25.4 Å². The van der Waals surface area contributed by atoms with Gasteiger partial charge >= 0.3 is 0 Å². The number of hydrogen-bond acceptors (Lipinski definition) is 12. The van der Waals surface area contributed by atoms with E-state index in [1.54, 1.807) is 7.11 Å². The molecule has 96 heavy (non-hydrogen) atoms. The molecule has 21 heteroatoms. The van der Waals surface area contributed by atoms with Crippen LogP contribution in [0.1, 0.15) is 80.9 Å². The molecule has 8 bridgehead atoms. The number of amides is 1. The Hall–Kier alpha value is -11.3. The number of aryl methyl sites for hydroxylation is 6. The van der Waals surface area contributed by atoms with Crippen molar-refractivity contribution < 1.29 is 86.9 Å². The fraction of sp³-hybridized carbons (Fsp3) is 0.187. The van der Waals surface area contributed by atoms with Crippen LogP contribution in [0.5, 0.6) is 5.75 Å². The molecule has 11 aromatic rings. The van der Waals surface area contributed by atoms with E-state index in [4.69, 9.17) is 54.3 Å². The molecular weight excluding hydrogens is 1270 g/mol. The summed E-state index contributed by atoms with van der Waals surface area (Å²) in [6, 6.07) is 38.0. The molecule has 0 aliphatic carbocycles. The van der Waals surface area contributed by atoms with Crippen LogP contribution in [0.15, 0.2) is 159 Å². The van der Waals surface area contributed by atoms with Gasteiger partial charge in [0.15, 0.2) is 49.6 Å².